The summed E-state index contributed by atoms with van der Waals surface area (Å²) in [6.45, 7) is 0.819. The number of ether oxygens (including phenoxy) is 1. The Hall–Kier alpha value is -3.98. The molecule has 2 aromatic carbocycles. The first-order valence-corrected chi connectivity index (χ1v) is 10.5. The van der Waals surface area contributed by atoms with E-state index in [9.17, 15) is 9.18 Å². The summed E-state index contributed by atoms with van der Waals surface area (Å²) in [6.07, 6.45) is 8.35. The third-order valence-electron chi connectivity index (χ3n) is 5.25. The van der Waals surface area contributed by atoms with Gasteiger partial charge in [-0.15, -0.1) is 0 Å². The zero-order chi connectivity index (χ0) is 23.2. The van der Waals surface area contributed by atoms with Crippen LogP contribution in [-0.4, -0.2) is 36.6 Å². The molecule has 0 saturated carbocycles. The number of carbonyl (C=O) groups is 1. The Morgan fingerprint density at radius 2 is 1.94 bits per heavy atom. The summed E-state index contributed by atoms with van der Waals surface area (Å²) in [5, 5.41) is 7.67. The lowest BCUT2D eigenvalue weighted by Crippen LogP contribution is -2.27. The Kier molecular flexibility index (Phi) is 6.80. The van der Waals surface area contributed by atoms with E-state index in [1.54, 1.807) is 18.5 Å². The van der Waals surface area contributed by atoms with E-state index >= 15 is 0 Å². The number of benzene rings is 2. The van der Waals surface area contributed by atoms with Crippen molar-refractivity contribution in [2.45, 2.75) is 12.8 Å². The van der Waals surface area contributed by atoms with Crippen LogP contribution in [0.1, 0.15) is 21.5 Å². The monoisotopic (exact) mass is 448 g/mol. The van der Waals surface area contributed by atoms with Crippen LogP contribution < -0.4 is 25.8 Å². The molecule has 0 atom stereocenters. The number of nitrogens with one attached hydrogen (secondary N) is 3. The molecule has 1 aliphatic rings. The second-order valence-corrected chi connectivity index (χ2v) is 7.43. The van der Waals surface area contributed by atoms with Gasteiger partial charge in [-0.3, -0.25) is 9.80 Å². The van der Waals surface area contributed by atoms with Crippen molar-refractivity contribution in [1.82, 2.24) is 20.7 Å². The summed E-state index contributed by atoms with van der Waals surface area (Å²) in [7, 11) is 2.91. The minimum atomic E-state index is -0.465. The van der Waals surface area contributed by atoms with Crippen LogP contribution in [0.25, 0.3) is 0 Å². The Morgan fingerprint density at radius 1 is 1.18 bits per heavy atom. The van der Waals surface area contributed by atoms with Gasteiger partial charge in [-0.1, -0.05) is 6.08 Å². The average Bonchev–Trinajstić information content (AvgIpc) is 3.39. The van der Waals surface area contributed by atoms with Crippen LogP contribution in [0.4, 0.5) is 21.7 Å². The van der Waals surface area contributed by atoms with Crippen molar-refractivity contribution in [2.24, 2.45) is 0 Å². The second kappa shape index (κ2) is 10.1. The number of amides is 1. The topological polar surface area (TPSA) is 91.4 Å². The van der Waals surface area contributed by atoms with Gasteiger partial charge in [0.15, 0.2) is 11.6 Å². The third-order valence-corrected chi connectivity index (χ3v) is 5.25. The molecule has 0 aliphatic carbocycles. The highest BCUT2D eigenvalue weighted by molar-refractivity contribution is 5.94. The van der Waals surface area contributed by atoms with Crippen LogP contribution in [-0.2, 0) is 12.8 Å². The van der Waals surface area contributed by atoms with Crippen LogP contribution >= 0.6 is 0 Å². The number of aromatic nitrogens is 2. The summed E-state index contributed by atoms with van der Waals surface area (Å²) >= 11 is 0. The number of halogens is 1. The highest BCUT2D eigenvalue weighted by Crippen LogP contribution is 2.25. The van der Waals surface area contributed by atoms with E-state index in [0.717, 1.165) is 23.5 Å². The molecule has 1 aliphatic heterocycles. The maximum atomic E-state index is 14.6. The largest absolute Gasteiger partial charge is 0.494 e. The standard InChI is InChI=1S/C24H25FN6O2/c1-26-23(32)18-12-17(22(25)21(13-18)33-2)5-4-16-14-27-24(28-15-16)30-19-6-8-20(9-7-19)31-11-3-10-29-31/h3,6-9,11-15,29H,4-5,10H2,1-2H3,(H,26,32)(H,27,28,30). The summed E-state index contributed by atoms with van der Waals surface area (Å²) < 4.78 is 19.7. The van der Waals surface area contributed by atoms with Crippen molar-refractivity contribution in [3.05, 3.63) is 83.6 Å². The van der Waals surface area contributed by atoms with Gasteiger partial charge >= 0.3 is 0 Å². The molecule has 3 N–H and O–H groups in total. The van der Waals surface area contributed by atoms with E-state index in [1.165, 1.54) is 20.2 Å². The number of anilines is 3. The number of nitrogens with zero attached hydrogens (tertiary/aromatic N) is 3. The first-order chi connectivity index (χ1) is 16.1. The van der Waals surface area contributed by atoms with Crippen molar-refractivity contribution >= 4 is 23.2 Å². The fourth-order valence-electron chi connectivity index (χ4n) is 3.46. The average molecular weight is 449 g/mol. The number of hydrogen-bond acceptors (Lipinski definition) is 7. The van der Waals surface area contributed by atoms with Crippen LogP contribution in [0.5, 0.6) is 5.75 Å². The van der Waals surface area contributed by atoms with Gasteiger partial charge in [0, 0.05) is 43.4 Å². The molecule has 4 rings (SSSR count). The predicted molar refractivity (Wildman–Crippen MR) is 125 cm³/mol. The molecular formula is C24H25FN6O2. The highest BCUT2D eigenvalue weighted by Gasteiger charge is 2.15. The molecule has 3 aromatic rings. The number of hydrazine groups is 1. The zero-order valence-electron chi connectivity index (χ0n) is 18.4. The molecule has 1 amide bonds. The van der Waals surface area contributed by atoms with Crippen LogP contribution in [0, 0.1) is 5.82 Å². The molecule has 1 aromatic heterocycles. The summed E-state index contributed by atoms with van der Waals surface area (Å²) in [6, 6.07) is 10.8. The molecule has 2 heterocycles. The van der Waals surface area contributed by atoms with Gasteiger partial charge in [-0.2, -0.15) is 0 Å². The Bertz CT molecular complexity index is 1150. The van der Waals surface area contributed by atoms with Crippen LogP contribution in [0.3, 0.4) is 0 Å². The molecule has 0 radical (unpaired) electrons. The minimum Gasteiger partial charge on any atom is -0.494 e. The van der Waals surface area contributed by atoms with E-state index in [2.05, 4.69) is 26.0 Å². The number of methoxy groups -OCH3 is 1. The van der Waals surface area contributed by atoms with Crippen molar-refractivity contribution in [1.29, 1.82) is 0 Å². The fraction of sp³-hybridized carbons (Fsp3) is 0.208. The second-order valence-electron chi connectivity index (χ2n) is 7.43. The van der Waals surface area contributed by atoms with Crippen molar-refractivity contribution in [2.75, 3.05) is 31.0 Å². The van der Waals surface area contributed by atoms with Crippen LogP contribution in [0.15, 0.2) is 61.1 Å². The van der Waals surface area contributed by atoms with E-state index in [1.807, 2.05) is 41.6 Å². The lowest BCUT2D eigenvalue weighted by atomic mass is 10.0. The Labute approximate surface area is 191 Å². The SMILES string of the molecule is CNC(=O)c1cc(CCc2cnc(Nc3ccc(N4C=CCN4)cc3)nc2)c(F)c(OC)c1. The normalized spacial score (nSPS) is 12.6. The summed E-state index contributed by atoms with van der Waals surface area (Å²) in [5.74, 6) is -0.244. The minimum absolute atomic E-state index is 0.0458. The predicted octanol–water partition coefficient (Wildman–Crippen LogP) is 3.35. The molecule has 0 saturated heterocycles. The number of hydrogen-bond donors (Lipinski definition) is 3. The van der Waals surface area contributed by atoms with E-state index in [0.29, 0.717) is 29.9 Å². The smallest absolute Gasteiger partial charge is 0.251 e. The lowest BCUT2D eigenvalue weighted by Gasteiger charge is -2.16. The third kappa shape index (κ3) is 5.27. The summed E-state index contributed by atoms with van der Waals surface area (Å²) in [4.78, 5) is 20.7. The van der Waals surface area contributed by atoms with Crippen molar-refractivity contribution in [3.63, 3.8) is 0 Å². The van der Waals surface area contributed by atoms with Crippen molar-refractivity contribution < 1.29 is 13.9 Å². The van der Waals surface area contributed by atoms with Gasteiger partial charge in [0.1, 0.15) is 0 Å². The quantitative estimate of drug-likeness (QED) is 0.487. The van der Waals surface area contributed by atoms with Gasteiger partial charge in [-0.25, -0.2) is 19.8 Å². The van der Waals surface area contributed by atoms with E-state index < -0.39 is 5.82 Å². The van der Waals surface area contributed by atoms with Gasteiger partial charge < -0.3 is 15.4 Å². The van der Waals surface area contributed by atoms with E-state index in [-0.39, 0.29) is 11.7 Å². The summed E-state index contributed by atoms with van der Waals surface area (Å²) in [5.41, 5.74) is 6.73. The van der Waals surface area contributed by atoms with Crippen molar-refractivity contribution in [3.8, 4) is 5.75 Å². The van der Waals surface area contributed by atoms with Gasteiger partial charge in [0.25, 0.3) is 5.91 Å². The first kappa shape index (κ1) is 22.2. The molecule has 0 spiro atoms. The van der Waals surface area contributed by atoms with E-state index in [4.69, 9.17) is 4.74 Å². The molecule has 0 unspecified atom stereocenters. The molecule has 8 nitrogen and oxygen atoms in total. The number of rotatable bonds is 8. The molecule has 0 bridgehead atoms. The van der Waals surface area contributed by atoms with Gasteiger partial charge in [0.05, 0.1) is 12.8 Å². The molecule has 33 heavy (non-hydrogen) atoms. The first-order valence-electron chi connectivity index (χ1n) is 10.5. The Morgan fingerprint density at radius 3 is 2.58 bits per heavy atom. The number of carbonyl (C=O) groups excluding carboxylic acids is 1. The maximum Gasteiger partial charge on any atom is 0.251 e. The lowest BCUT2D eigenvalue weighted by molar-refractivity contribution is 0.0962. The Balaban J connectivity index is 1.39. The molecular weight excluding hydrogens is 423 g/mol. The fourth-order valence-corrected chi connectivity index (χ4v) is 3.46. The van der Waals surface area contributed by atoms with Crippen LogP contribution in [0.2, 0.25) is 0 Å². The van der Waals surface area contributed by atoms with Gasteiger partial charge in [0.2, 0.25) is 5.95 Å². The molecule has 9 heteroatoms. The molecule has 170 valence electrons. The maximum absolute atomic E-state index is 14.6. The highest BCUT2D eigenvalue weighted by atomic mass is 19.1. The molecule has 0 fully saturated rings. The zero-order valence-corrected chi connectivity index (χ0v) is 18.4. The number of aryl methyl sites for hydroxylation is 2. The van der Waals surface area contributed by atoms with Gasteiger partial charge in [-0.05, 0) is 60.4 Å².